The van der Waals surface area contributed by atoms with Crippen molar-refractivity contribution < 1.29 is 0 Å². The van der Waals surface area contributed by atoms with Crippen LogP contribution in [0.5, 0.6) is 0 Å². The molecule has 2 rings (SSSR count). The van der Waals surface area contributed by atoms with Crippen molar-refractivity contribution in [3.63, 3.8) is 0 Å². The summed E-state index contributed by atoms with van der Waals surface area (Å²) < 4.78 is 0. The van der Waals surface area contributed by atoms with Gasteiger partial charge in [0, 0.05) is 11.7 Å². The molecule has 3 heteroatoms. The Morgan fingerprint density at radius 2 is 1.90 bits per heavy atom. The second-order valence-corrected chi connectivity index (χ2v) is 6.68. The molecule has 1 saturated carbocycles. The number of nitrogens with one attached hydrogen (secondary N) is 2. The molecular formula is C17H26N2S. The Labute approximate surface area is 128 Å². The molecular weight excluding hydrogens is 264 g/mol. The van der Waals surface area contributed by atoms with E-state index in [1.54, 1.807) is 0 Å². The van der Waals surface area contributed by atoms with Gasteiger partial charge in [-0.25, -0.2) is 0 Å². The first kappa shape index (κ1) is 15.3. The van der Waals surface area contributed by atoms with Gasteiger partial charge in [0.15, 0.2) is 5.11 Å². The molecule has 0 radical (unpaired) electrons. The molecule has 2 N–H and O–H groups in total. The van der Waals surface area contributed by atoms with Crippen molar-refractivity contribution in [2.45, 2.75) is 53.0 Å². The van der Waals surface area contributed by atoms with E-state index in [0.29, 0.717) is 12.0 Å². The second-order valence-electron chi connectivity index (χ2n) is 6.27. The van der Waals surface area contributed by atoms with Gasteiger partial charge in [0.2, 0.25) is 0 Å². The number of benzene rings is 1. The summed E-state index contributed by atoms with van der Waals surface area (Å²) in [4.78, 5) is 0. The van der Waals surface area contributed by atoms with Crippen LogP contribution in [-0.2, 0) is 0 Å². The van der Waals surface area contributed by atoms with Crippen LogP contribution in [0, 0.1) is 25.7 Å². The average molecular weight is 290 g/mol. The summed E-state index contributed by atoms with van der Waals surface area (Å²) in [7, 11) is 0. The maximum Gasteiger partial charge on any atom is 0.171 e. The fraction of sp³-hybridized carbons (Fsp3) is 0.588. The summed E-state index contributed by atoms with van der Waals surface area (Å²) in [5.74, 6) is 1.47. The highest BCUT2D eigenvalue weighted by molar-refractivity contribution is 7.80. The normalized spacial score (nSPS) is 26.1. The van der Waals surface area contributed by atoms with Crippen molar-refractivity contribution in [2.75, 3.05) is 5.32 Å². The topological polar surface area (TPSA) is 24.1 Å². The molecule has 1 aromatic carbocycles. The smallest absolute Gasteiger partial charge is 0.171 e. The lowest BCUT2D eigenvalue weighted by Gasteiger charge is -2.35. The fourth-order valence-corrected chi connectivity index (χ4v) is 3.21. The predicted octanol–water partition coefficient (Wildman–Crippen LogP) is 4.41. The van der Waals surface area contributed by atoms with Gasteiger partial charge >= 0.3 is 0 Å². The van der Waals surface area contributed by atoms with E-state index >= 15 is 0 Å². The molecule has 0 amide bonds. The van der Waals surface area contributed by atoms with Gasteiger partial charge in [-0.05, 0) is 67.6 Å². The molecule has 0 unspecified atom stereocenters. The van der Waals surface area contributed by atoms with Crippen molar-refractivity contribution in [3.8, 4) is 0 Å². The Hall–Kier alpha value is -1.09. The zero-order chi connectivity index (χ0) is 14.7. The summed E-state index contributed by atoms with van der Waals surface area (Å²) in [5, 5.41) is 7.56. The minimum atomic E-state index is 0.505. The molecule has 0 bridgehead atoms. The SMILES string of the molecule is Cc1ccc(NC(=S)N[C@H]2CCC[C@H](C)[C@@H]2C)cc1C. The predicted molar refractivity (Wildman–Crippen MR) is 91.2 cm³/mol. The van der Waals surface area contributed by atoms with E-state index in [-0.39, 0.29) is 0 Å². The molecule has 1 fully saturated rings. The van der Waals surface area contributed by atoms with Gasteiger partial charge in [0.25, 0.3) is 0 Å². The molecule has 110 valence electrons. The van der Waals surface area contributed by atoms with Crippen molar-refractivity contribution in [2.24, 2.45) is 11.8 Å². The lowest BCUT2D eigenvalue weighted by Crippen LogP contribution is -2.45. The fourth-order valence-electron chi connectivity index (χ4n) is 2.94. The third kappa shape index (κ3) is 3.72. The monoisotopic (exact) mass is 290 g/mol. The van der Waals surface area contributed by atoms with Crippen LogP contribution in [-0.4, -0.2) is 11.2 Å². The van der Waals surface area contributed by atoms with Gasteiger partial charge in [-0.2, -0.15) is 0 Å². The van der Waals surface area contributed by atoms with Crippen LogP contribution in [0.1, 0.15) is 44.2 Å². The molecule has 3 atom stereocenters. The quantitative estimate of drug-likeness (QED) is 0.789. The van der Waals surface area contributed by atoms with Gasteiger partial charge in [-0.3, -0.25) is 0 Å². The molecule has 0 saturated heterocycles. The molecule has 1 aliphatic carbocycles. The van der Waals surface area contributed by atoms with E-state index in [1.807, 2.05) is 0 Å². The van der Waals surface area contributed by atoms with Gasteiger partial charge < -0.3 is 10.6 Å². The molecule has 1 aliphatic rings. The summed E-state index contributed by atoms with van der Waals surface area (Å²) in [6.07, 6.45) is 3.87. The van der Waals surface area contributed by atoms with E-state index in [1.165, 1.54) is 30.4 Å². The number of thiocarbonyl (C=S) groups is 1. The third-order valence-electron chi connectivity index (χ3n) is 4.79. The maximum absolute atomic E-state index is 5.46. The van der Waals surface area contributed by atoms with Gasteiger partial charge in [-0.15, -0.1) is 0 Å². The van der Waals surface area contributed by atoms with Crippen molar-refractivity contribution in [3.05, 3.63) is 29.3 Å². The highest BCUT2D eigenvalue weighted by Gasteiger charge is 2.27. The highest BCUT2D eigenvalue weighted by Crippen LogP contribution is 2.29. The Balaban J connectivity index is 1.93. The van der Waals surface area contributed by atoms with Crippen LogP contribution in [0.4, 0.5) is 5.69 Å². The molecule has 0 spiro atoms. The Morgan fingerprint density at radius 3 is 2.60 bits per heavy atom. The third-order valence-corrected chi connectivity index (χ3v) is 5.01. The number of anilines is 1. The highest BCUT2D eigenvalue weighted by atomic mass is 32.1. The first-order valence-corrected chi connectivity index (χ1v) is 8.03. The van der Waals surface area contributed by atoms with Crippen LogP contribution in [0.15, 0.2) is 18.2 Å². The number of rotatable bonds is 2. The van der Waals surface area contributed by atoms with E-state index < -0.39 is 0 Å². The average Bonchev–Trinajstić information content (AvgIpc) is 2.39. The van der Waals surface area contributed by atoms with Gasteiger partial charge in [0.1, 0.15) is 0 Å². The first-order valence-electron chi connectivity index (χ1n) is 7.62. The van der Waals surface area contributed by atoms with E-state index in [4.69, 9.17) is 12.2 Å². The first-order chi connectivity index (χ1) is 9.47. The van der Waals surface area contributed by atoms with Gasteiger partial charge in [0.05, 0.1) is 0 Å². The van der Waals surface area contributed by atoms with Crippen molar-refractivity contribution in [1.82, 2.24) is 5.32 Å². The van der Waals surface area contributed by atoms with E-state index in [0.717, 1.165) is 16.7 Å². The minimum absolute atomic E-state index is 0.505. The Morgan fingerprint density at radius 1 is 1.15 bits per heavy atom. The molecule has 0 aromatic heterocycles. The maximum atomic E-state index is 5.46. The second kappa shape index (κ2) is 6.57. The summed E-state index contributed by atoms with van der Waals surface area (Å²) in [6.45, 7) is 8.93. The largest absolute Gasteiger partial charge is 0.359 e. The van der Waals surface area contributed by atoms with Crippen LogP contribution in [0.3, 0.4) is 0 Å². The van der Waals surface area contributed by atoms with E-state index in [2.05, 4.69) is 56.5 Å². The van der Waals surface area contributed by atoms with Crippen LogP contribution in [0.25, 0.3) is 0 Å². The number of hydrogen-bond donors (Lipinski definition) is 2. The van der Waals surface area contributed by atoms with E-state index in [9.17, 15) is 0 Å². The lowest BCUT2D eigenvalue weighted by atomic mass is 9.78. The lowest BCUT2D eigenvalue weighted by molar-refractivity contribution is 0.225. The molecule has 1 aromatic rings. The van der Waals surface area contributed by atoms with Crippen LogP contribution in [0.2, 0.25) is 0 Å². The zero-order valence-electron chi connectivity index (χ0n) is 13.0. The Kier molecular flexibility index (Phi) is 5.03. The van der Waals surface area contributed by atoms with Crippen LogP contribution < -0.4 is 10.6 Å². The summed E-state index contributed by atoms with van der Waals surface area (Å²) in [6, 6.07) is 6.87. The zero-order valence-corrected chi connectivity index (χ0v) is 13.8. The molecule has 2 nitrogen and oxygen atoms in total. The van der Waals surface area contributed by atoms with Gasteiger partial charge in [-0.1, -0.05) is 32.8 Å². The molecule has 0 heterocycles. The minimum Gasteiger partial charge on any atom is -0.359 e. The number of hydrogen-bond acceptors (Lipinski definition) is 1. The molecule has 20 heavy (non-hydrogen) atoms. The number of aryl methyl sites for hydroxylation is 2. The summed E-state index contributed by atoms with van der Waals surface area (Å²) >= 11 is 5.46. The standard InChI is InChI=1S/C17H26N2S/c1-11-8-9-15(10-13(11)3)18-17(20)19-16-7-5-6-12(2)14(16)4/h8-10,12,14,16H,5-7H2,1-4H3,(H2,18,19,20)/t12-,14-,16-/m0/s1. The van der Waals surface area contributed by atoms with Crippen molar-refractivity contribution >= 4 is 23.0 Å². The van der Waals surface area contributed by atoms with Crippen molar-refractivity contribution in [1.29, 1.82) is 0 Å². The van der Waals surface area contributed by atoms with Crippen LogP contribution >= 0.6 is 12.2 Å². The molecule has 0 aliphatic heterocycles. The summed E-state index contributed by atoms with van der Waals surface area (Å²) in [5.41, 5.74) is 3.67. The Bertz CT molecular complexity index is 484.